The number of nitrogens with zero attached hydrogens (tertiary/aromatic N) is 7. The lowest BCUT2D eigenvalue weighted by Gasteiger charge is -2.08. The number of nitrogens with one attached hydrogen (secondary N) is 1. The van der Waals surface area contributed by atoms with Gasteiger partial charge >= 0.3 is 0 Å². The average Bonchev–Trinajstić information content (AvgIpc) is 3.20. The second kappa shape index (κ2) is 8.28. The maximum Gasteiger partial charge on any atom is 0.221 e. The number of fused-ring (bicyclic) bond motifs is 2. The Kier molecular flexibility index (Phi) is 5.03. The molecule has 0 saturated carbocycles. The van der Waals surface area contributed by atoms with Gasteiger partial charge in [-0.25, -0.2) is 19.6 Å². The Bertz CT molecular complexity index is 1350. The molecule has 5 aromatic rings. The summed E-state index contributed by atoms with van der Waals surface area (Å²) in [7, 11) is 0. The molecule has 4 aromatic heterocycles. The van der Waals surface area contributed by atoms with E-state index in [2.05, 4.69) is 41.6 Å². The van der Waals surface area contributed by atoms with E-state index in [-0.39, 0.29) is 13.2 Å². The highest BCUT2D eigenvalue weighted by Gasteiger charge is 2.11. The van der Waals surface area contributed by atoms with Gasteiger partial charge in [0, 0.05) is 23.8 Å². The van der Waals surface area contributed by atoms with Gasteiger partial charge in [-0.15, -0.1) is 5.10 Å². The van der Waals surface area contributed by atoms with Crippen LogP contribution in [0, 0.1) is 0 Å². The van der Waals surface area contributed by atoms with Crippen molar-refractivity contribution in [2.24, 2.45) is 0 Å². The summed E-state index contributed by atoms with van der Waals surface area (Å²) in [5.74, 6) is 1.65. The summed E-state index contributed by atoms with van der Waals surface area (Å²) < 4.78 is 7.12. The highest BCUT2D eigenvalue weighted by Crippen LogP contribution is 2.20. The van der Waals surface area contributed by atoms with Crippen LogP contribution in [0.25, 0.3) is 22.2 Å². The van der Waals surface area contributed by atoms with Gasteiger partial charge in [-0.2, -0.15) is 0 Å². The van der Waals surface area contributed by atoms with Crippen LogP contribution in [0.1, 0.15) is 5.56 Å². The van der Waals surface area contributed by atoms with Gasteiger partial charge in [0.2, 0.25) is 5.65 Å². The molecule has 5 rings (SSSR count). The van der Waals surface area contributed by atoms with Gasteiger partial charge in [-0.1, -0.05) is 17.3 Å². The molecule has 4 heterocycles. The predicted octanol–water partition coefficient (Wildman–Crippen LogP) is 2.33. The first kappa shape index (κ1) is 18.8. The van der Waals surface area contributed by atoms with Crippen molar-refractivity contribution < 1.29 is 9.84 Å². The molecule has 0 spiro atoms. The molecular formula is C21H18N8O2. The summed E-state index contributed by atoms with van der Waals surface area (Å²) in [6.45, 7) is 0.658. The number of aliphatic hydroxyl groups is 1. The Labute approximate surface area is 176 Å². The zero-order chi connectivity index (χ0) is 21.0. The normalized spacial score (nSPS) is 11.1. The van der Waals surface area contributed by atoms with Crippen LogP contribution in [-0.4, -0.2) is 53.3 Å². The number of pyridine rings is 2. The first-order valence-electron chi connectivity index (χ1n) is 9.65. The quantitative estimate of drug-likeness (QED) is 0.413. The molecule has 1 aromatic carbocycles. The second-order valence-corrected chi connectivity index (χ2v) is 6.75. The smallest absolute Gasteiger partial charge is 0.221 e. The lowest BCUT2D eigenvalue weighted by atomic mass is 10.1. The molecule has 0 amide bonds. The maximum absolute atomic E-state index is 8.90. The van der Waals surface area contributed by atoms with Crippen LogP contribution in [0.2, 0.25) is 0 Å². The summed E-state index contributed by atoms with van der Waals surface area (Å²) in [6, 6.07) is 13.5. The molecule has 10 nitrogen and oxygen atoms in total. The van der Waals surface area contributed by atoms with Crippen LogP contribution >= 0.6 is 0 Å². The van der Waals surface area contributed by atoms with Crippen molar-refractivity contribution in [3.63, 3.8) is 0 Å². The molecule has 0 atom stereocenters. The number of aliphatic hydroxyl groups excluding tert-OH is 1. The number of hydrogen-bond donors (Lipinski definition) is 2. The average molecular weight is 414 g/mol. The highest BCUT2D eigenvalue weighted by molar-refractivity contribution is 5.79. The Hall–Kier alpha value is -4.18. The fraction of sp³-hybridized carbons (Fsp3) is 0.143. The molecule has 31 heavy (non-hydrogen) atoms. The zero-order valence-electron chi connectivity index (χ0n) is 16.4. The van der Waals surface area contributed by atoms with E-state index >= 15 is 0 Å². The number of aromatic nitrogens is 7. The third-order valence-electron chi connectivity index (χ3n) is 4.57. The molecule has 0 aliphatic carbocycles. The number of rotatable bonds is 7. The SMILES string of the molecule is OCCOc1ccnc(Nc2cnc3nnn(Cc4ccc5ncccc5c4)c3n2)c1. The Morgan fingerprint density at radius 3 is 2.90 bits per heavy atom. The topological polar surface area (TPSA) is 124 Å². The van der Waals surface area contributed by atoms with Crippen LogP contribution in [-0.2, 0) is 6.54 Å². The first-order valence-corrected chi connectivity index (χ1v) is 9.65. The Morgan fingerprint density at radius 2 is 1.97 bits per heavy atom. The molecule has 2 N–H and O–H groups in total. The highest BCUT2D eigenvalue weighted by atomic mass is 16.5. The van der Waals surface area contributed by atoms with Gasteiger partial charge in [-0.3, -0.25) is 4.98 Å². The number of anilines is 2. The minimum atomic E-state index is -0.0576. The lowest BCUT2D eigenvalue weighted by Crippen LogP contribution is -2.05. The van der Waals surface area contributed by atoms with Crippen molar-refractivity contribution in [2.75, 3.05) is 18.5 Å². The Morgan fingerprint density at radius 1 is 1.00 bits per heavy atom. The molecule has 0 fully saturated rings. The van der Waals surface area contributed by atoms with Crippen molar-refractivity contribution in [3.8, 4) is 5.75 Å². The number of benzene rings is 1. The Balaban J connectivity index is 1.40. The molecule has 10 heteroatoms. The van der Waals surface area contributed by atoms with Crippen LogP contribution in [0.3, 0.4) is 0 Å². The molecule has 0 aliphatic rings. The molecule has 0 radical (unpaired) electrons. The summed E-state index contributed by atoms with van der Waals surface area (Å²) in [5.41, 5.74) is 3.02. The minimum Gasteiger partial charge on any atom is -0.491 e. The van der Waals surface area contributed by atoms with E-state index in [0.29, 0.717) is 35.2 Å². The third-order valence-corrected chi connectivity index (χ3v) is 4.57. The van der Waals surface area contributed by atoms with Crippen LogP contribution in [0.5, 0.6) is 5.75 Å². The second-order valence-electron chi connectivity index (χ2n) is 6.75. The van der Waals surface area contributed by atoms with Gasteiger partial charge in [0.15, 0.2) is 11.5 Å². The van der Waals surface area contributed by atoms with Crippen LogP contribution in [0.15, 0.2) is 61.1 Å². The van der Waals surface area contributed by atoms with E-state index in [4.69, 9.17) is 9.84 Å². The molecular weight excluding hydrogens is 396 g/mol. The summed E-state index contributed by atoms with van der Waals surface area (Å²) >= 11 is 0. The fourth-order valence-corrected chi connectivity index (χ4v) is 3.18. The molecule has 0 bridgehead atoms. The van der Waals surface area contributed by atoms with Gasteiger partial charge in [0.1, 0.15) is 18.2 Å². The van der Waals surface area contributed by atoms with Gasteiger partial charge < -0.3 is 15.2 Å². The van der Waals surface area contributed by atoms with E-state index in [1.165, 1.54) is 0 Å². The van der Waals surface area contributed by atoms with Gasteiger partial charge in [-0.05, 0) is 29.8 Å². The van der Waals surface area contributed by atoms with E-state index < -0.39 is 0 Å². The molecule has 0 unspecified atom stereocenters. The molecule has 0 saturated heterocycles. The van der Waals surface area contributed by atoms with E-state index in [9.17, 15) is 0 Å². The van der Waals surface area contributed by atoms with Crippen molar-refractivity contribution in [3.05, 3.63) is 66.6 Å². The summed E-state index contributed by atoms with van der Waals surface area (Å²) in [5, 5.41) is 21.4. The van der Waals surface area contributed by atoms with Crippen LogP contribution < -0.4 is 10.1 Å². The van der Waals surface area contributed by atoms with Gasteiger partial charge in [0.25, 0.3) is 0 Å². The van der Waals surface area contributed by atoms with E-state index in [1.807, 2.05) is 24.3 Å². The monoisotopic (exact) mass is 414 g/mol. The molecule has 154 valence electrons. The van der Waals surface area contributed by atoms with Crippen molar-refractivity contribution in [2.45, 2.75) is 6.54 Å². The maximum atomic E-state index is 8.90. The number of ether oxygens (including phenoxy) is 1. The third kappa shape index (κ3) is 4.09. The number of hydrogen-bond acceptors (Lipinski definition) is 9. The van der Waals surface area contributed by atoms with Crippen molar-refractivity contribution in [1.82, 2.24) is 34.9 Å². The standard InChI is InChI=1S/C21H18N8O2/c30-8-9-31-16-5-7-23-18(11-16)25-19-12-24-20-21(26-19)29(28-27-20)13-14-3-4-17-15(10-14)2-1-6-22-17/h1-7,10-12,30H,8-9,13H2,(H,23,25,26). The van der Waals surface area contributed by atoms with E-state index in [1.54, 1.807) is 35.4 Å². The first-order chi connectivity index (χ1) is 15.3. The lowest BCUT2D eigenvalue weighted by molar-refractivity contribution is 0.201. The van der Waals surface area contributed by atoms with Crippen LogP contribution in [0.4, 0.5) is 11.6 Å². The predicted molar refractivity (Wildman–Crippen MR) is 114 cm³/mol. The summed E-state index contributed by atoms with van der Waals surface area (Å²) in [4.78, 5) is 17.6. The fourth-order valence-electron chi connectivity index (χ4n) is 3.18. The summed E-state index contributed by atoms with van der Waals surface area (Å²) in [6.07, 6.45) is 4.97. The van der Waals surface area contributed by atoms with Gasteiger partial charge in [0.05, 0.1) is 24.9 Å². The molecule has 0 aliphatic heterocycles. The largest absolute Gasteiger partial charge is 0.491 e. The van der Waals surface area contributed by atoms with Crippen molar-refractivity contribution >= 4 is 33.8 Å². The zero-order valence-corrected chi connectivity index (χ0v) is 16.4. The van der Waals surface area contributed by atoms with E-state index in [0.717, 1.165) is 16.5 Å². The minimum absolute atomic E-state index is 0.0576. The van der Waals surface area contributed by atoms with Crippen molar-refractivity contribution in [1.29, 1.82) is 0 Å².